The van der Waals surface area contributed by atoms with Crippen molar-refractivity contribution in [2.75, 3.05) is 5.73 Å². The van der Waals surface area contributed by atoms with Crippen molar-refractivity contribution in [2.45, 2.75) is 6.54 Å². The fourth-order valence-electron chi connectivity index (χ4n) is 1.43. The van der Waals surface area contributed by atoms with E-state index in [4.69, 9.17) is 11.5 Å². The van der Waals surface area contributed by atoms with Crippen molar-refractivity contribution >= 4 is 42.9 Å². The summed E-state index contributed by atoms with van der Waals surface area (Å²) in [6.45, 7) is 0.469. The van der Waals surface area contributed by atoms with Gasteiger partial charge in [0.15, 0.2) is 0 Å². The topological polar surface area (TPSA) is 64.9 Å². The SMILES string of the molecule is Cl.Cl.Cl.NCc1ccc(-c2cccc(N)c2)cn1. The van der Waals surface area contributed by atoms with E-state index < -0.39 is 0 Å². The second-order valence-electron chi connectivity index (χ2n) is 3.37. The molecule has 4 N–H and O–H groups in total. The zero-order valence-electron chi connectivity index (χ0n) is 9.58. The third-order valence-electron chi connectivity index (χ3n) is 2.25. The van der Waals surface area contributed by atoms with Gasteiger partial charge in [0, 0.05) is 24.0 Å². The number of hydrogen-bond donors (Lipinski definition) is 2. The average Bonchev–Trinajstić information content (AvgIpc) is 2.29. The van der Waals surface area contributed by atoms with Crippen LogP contribution in [0.25, 0.3) is 11.1 Å². The molecule has 0 unspecified atom stereocenters. The van der Waals surface area contributed by atoms with Gasteiger partial charge in [0.05, 0.1) is 5.69 Å². The summed E-state index contributed by atoms with van der Waals surface area (Å²) in [6, 6.07) is 11.7. The van der Waals surface area contributed by atoms with Crippen molar-refractivity contribution < 1.29 is 0 Å². The molecular weight excluding hydrogens is 293 g/mol. The molecule has 0 atom stereocenters. The molecule has 100 valence electrons. The van der Waals surface area contributed by atoms with Gasteiger partial charge in [0.1, 0.15) is 0 Å². The van der Waals surface area contributed by atoms with Crippen LogP contribution < -0.4 is 11.5 Å². The van der Waals surface area contributed by atoms with Gasteiger partial charge in [-0.25, -0.2) is 0 Å². The first kappa shape index (κ1) is 19.3. The standard InChI is InChI=1S/C12H13N3.3ClH/c13-7-12-5-4-10(8-15-12)9-2-1-3-11(14)6-9;;;/h1-6,8H,7,13-14H2;3*1H. The van der Waals surface area contributed by atoms with E-state index in [1.807, 2.05) is 42.6 Å². The minimum Gasteiger partial charge on any atom is -0.399 e. The number of aromatic nitrogens is 1. The molecule has 0 bridgehead atoms. The lowest BCUT2D eigenvalue weighted by molar-refractivity contribution is 0.991. The number of rotatable bonds is 2. The number of benzene rings is 1. The van der Waals surface area contributed by atoms with Crippen LogP contribution in [0.15, 0.2) is 42.6 Å². The van der Waals surface area contributed by atoms with E-state index in [1.54, 1.807) is 0 Å². The molecule has 2 rings (SSSR count). The van der Waals surface area contributed by atoms with Crippen molar-refractivity contribution in [3.8, 4) is 11.1 Å². The Hall–Kier alpha value is -1.00. The maximum atomic E-state index is 5.71. The number of nitrogens with zero attached hydrogens (tertiary/aromatic N) is 1. The Kier molecular flexibility index (Phi) is 9.67. The lowest BCUT2D eigenvalue weighted by Crippen LogP contribution is -1.98. The molecule has 1 aromatic heterocycles. The molecule has 0 saturated heterocycles. The van der Waals surface area contributed by atoms with Crippen molar-refractivity contribution in [3.05, 3.63) is 48.3 Å². The highest BCUT2D eigenvalue weighted by molar-refractivity contribution is 5.86. The number of halogens is 3. The minimum absolute atomic E-state index is 0. The van der Waals surface area contributed by atoms with E-state index >= 15 is 0 Å². The Morgan fingerprint density at radius 2 is 1.67 bits per heavy atom. The second-order valence-corrected chi connectivity index (χ2v) is 3.37. The highest BCUT2D eigenvalue weighted by atomic mass is 35.5. The van der Waals surface area contributed by atoms with Crippen LogP contribution in [0.4, 0.5) is 5.69 Å². The zero-order valence-corrected chi connectivity index (χ0v) is 12.0. The summed E-state index contributed by atoms with van der Waals surface area (Å²) in [5.74, 6) is 0. The molecule has 0 aliphatic rings. The van der Waals surface area contributed by atoms with E-state index in [1.165, 1.54) is 0 Å². The Labute approximate surface area is 125 Å². The highest BCUT2D eigenvalue weighted by Crippen LogP contribution is 2.20. The van der Waals surface area contributed by atoms with Crippen LogP contribution in [0.2, 0.25) is 0 Å². The summed E-state index contributed by atoms with van der Waals surface area (Å²) < 4.78 is 0. The molecule has 0 aliphatic heterocycles. The van der Waals surface area contributed by atoms with Gasteiger partial charge in [0.25, 0.3) is 0 Å². The third kappa shape index (κ3) is 4.70. The number of anilines is 1. The smallest absolute Gasteiger partial charge is 0.0539 e. The molecule has 3 nitrogen and oxygen atoms in total. The largest absolute Gasteiger partial charge is 0.399 e. The molecule has 2 aromatic rings. The van der Waals surface area contributed by atoms with Crippen LogP contribution in [0.3, 0.4) is 0 Å². The first-order valence-corrected chi connectivity index (χ1v) is 4.80. The van der Waals surface area contributed by atoms with Crippen molar-refractivity contribution in [1.29, 1.82) is 0 Å². The van der Waals surface area contributed by atoms with Gasteiger partial charge in [-0.1, -0.05) is 18.2 Å². The van der Waals surface area contributed by atoms with Crippen LogP contribution >= 0.6 is 37.2 Å². The summed E-state index contributed by atoms with van der Waals surface area (Å²) >= 11 is 0. The molecule has 0 saturated carbocycles. The maximum absolute atomic E-state index is 5.71. The first-order valence-electron chi connectivity index (χ1n) is 4.80. The van der Waals surface area contributed by atoms with Crippen molar-refractivity contribution in [3.63, 3.8) is 0 Å². The normalized spacial score (nSPS) is 8.50. The maximum Gasteiger partial charge on any atom is 0.0539 e. The predicted molar refractivity (Wildman–Crippen MR) is 83.7 cm³/mol. The molecule has 0 aliphatic carbocycles. The molecule has 0 spiro atoms. The molecule has 18 heavy (non-hydrogen) atoms. The Morgan fingerprint density at radius 3 is 2.17 bits per heavy atom. The quantitative estimate of drug-likeness (QED) is 0.838. The molecule has 1 aromatic carbocycles. The second kappa shape index (κ2) is 9.00. The molecule has 0 amide bonds. The summed E-state index contributed by atoms with van der Waals surface area (Å²) in [4.78, 5) is 4.24. The fourth-order valence-corrected chi connectivity index (χ4v) is 1.43. The molecule has 1 heterocycles. The monoisotopic (exact) mass is 307 g/mol. The van der Waals surface area contributed by atoms with Crippen molar-refractivity contribution in [1.82, 2.24) is 4.98 Å². The van der Waals surface area contributed by atoms with E-state index in [2.05, 4.69) is 4.98 Å². The summed E-state index contributed by atoms with van der Waals surface area (Å²) in [7, 11) is 0. The molecule has 6 heteroatoms. The summed E-state index contributed by atoms with van der Waals surface area (Å²) in [5.41, 5.74) is 15.0. The van der Waals surface area contributed by atoms with Gasteiger partial charge in [-0.15, -0.1) is 37.2 Å². The van der Waals surface area contributed by atoms with Gasteiger partial charge < -0.3 is 11.5 Å². The third-order valence-corrected chi connectivity index (χ3v) is 2.25. The Morgan fingerprint density at radius 1 is 0.944 bits per heavy atom. The fraction of sp³-hybridized carbons (Fsp3) is 0.0833. The van der Waals surface area contributed by atoms with E-state index in [-0.39, 0.29) is 37.2 Å². The average molecular weight is 309 g/mol. The van der Waals surface area contributed by atoms with Crippen LogP contribution in [0, 0.1) is 0 Å². The van der Waals surface area contributed by atoms with Gasteiger partial charge in [-0.05, 0) is 23.8 Å². The summed E-state index contributed by atoms with van der Waals surface area (Å²) in [5, 5.41) is 0. The van der Waals surface area contributed by atoms with E-state index in [9.17, 15) is 0 Å². The van der Waals surface area contributed by atoms with E-state index in [0.29, 0.717) is 6.54 Å². The Bertz CT molecular complexity index is 460. The van der Waals surface area contributed by atoms with Gasteiger partial charge >= 0.3 is 0 Å². The van der Waals surface area contributed by atoms with Crippen LogP contribution in [0.5, 0.6) is 0 Å². The van der Waals surface area contributed by atoms with Gasteiger partial charge in [-0.3, -0.25) is 4.98 Å². The Balaban J connectivity index is 0. The molecule has 0 radical (unpaired) electrons. The number of nitrogens with two attached hydrogens (primary N) is 2. The number of pyridine rings is 1. The van der Waals surface area contributed by atoms with Crippen LogP contribution in [-0.2, 0) is 6.54 Å². The highest BCUT2D eigenvalue weighted by Gasteiger charge is 1.98. The van der Waals surface area contributed by atoms with E-state index in [0.717, 1.165) is 22.5 Å². The molecule has 0 fully saturated rings. The summed E-state index contributed by atoms with van der Waals surface area (Å²) in [6.07, 6.45) is 1.82. The number of hydrogen-bond acceptors (Lipinski definition) is 3. The van der Waals surface area contributed by atoms with Crippen LogP contribution in [0.1, 0.15) is 5.69 Å². The van der Waals surface area contributed by atoms with Crippen LogP contribution in [-0.4, -0.2) is 4.98 Å². The zero-order chi connectivity index (χ0) is 10.7. The van der Waals surface area contributed by atoms with Crippen molar-refractivity contribution in [2.24, 2.45) is 5.73 Å². The number of nitrogen functional groups attached to an aromatic ring is 1. The van der Waals surface area contributed by atoms with Gasteiger partial charge in [0.2, 0.25) is 0 Å². The lowest BCUT2D eigenvalue weighted by Gasteiger charge is -2.03. The first-order chi connectivity index (χ1) is 7.29. The molecular formula is C12H16Cl3N3. The predicted octanol–water partition coefficient (Wildman–Crippen LogP) is 3.05. The van der Waals surface area contributed by atoms with Gasteiger partial charge in [-0.2, -0.15) is 0 Å². The minimum atomic E-state index is 0. The lowest BCUT2D eigenvalue weighted by atomic mass is 10.1.